The van der Waals surface area contributed by atoms with E-state index in [1.807, 2.05) is 54.3 Å². The summed E-state index contributed by atoms with van der Waals surface area (Å²) in [6.45, 7) is 2.85. The van der Waals surface area contributed by atoms with Gasteiger partial charge in [0.25, 0.3) is 0 Å². The zero-order valence-corrected chi connectivity index (χ0v) is 19.0. The molecule has 1 saturated carbocycles. The number of benzene rings is 2. The Morgan fingerprint density at radius 1 is 1.00 bits per heavy atom. The molecule has 2 aliphatic rings. The molecule has 7 heteroatoms. The highest BCUT2D eigenvalue weighted by molar-refractivity contribution is 5.76. The van der Waals surface area contributed by atoms with Gasteiger partial charge in [-0.25, -0.2) is 0 Å². The van der Waals surface area contributed by atoms with E-state index >= 15 is 0 Å². The highest BCUT2D eigenvalue weighted by Gasteiger charge is 2.26. The molecule has 1 aliphatic heterocycles. The maximum absolute atomic E-state index is 13.3. The van der Waals surface area contributed by atoms with Crippen LogP contribution in [0, 0.1) is 6.92 Å². The molecule has 1 fully saturated rings. The smallest absolute Gasteiger partial charge is 0.247 e. The molecule has 7 nitrogen and oxygen atoms in total. The lowest BCUT2D eigenvalue weighted by atomic mass is 9.93. The van der Waals surface area contributed by atoms with Gasteiger partial charge >= 0.3 is 0 Å². The summed E-state index contributed by atoms with van der Waals surface area (Å²) in [6.07, 6.45) is 6.45. The van der Waals surface area contributed by atoms with Crippen molar-refractivity contribution in [2.75, 3.05) is 6.79 Å². The van der Waals surface area contributed by atoms with Crippen molar-refractivity contribution < 1.29 is 18.7 Å². The standard InChI is InChI=1S/C26H29N3O4/c1-18-7-10-20(11-8-18)26-28-27-24(33-26)13-14-25(30)29(21-5-3-2-4-6-21)16-19-9-12-22-23(15-19)32-17-31-22/h7-12,15,21H,2-6,13-14,16-17H2,1H3. The van der Waals surface area contributed by atoms with Crippen LogP contribution in [-0.2, 0) is 17.8 Å². The van der Waals surface area contributed by atoms with Crippen molar-refractivity contribution in [2.45, 2.75) is 64.5 Å². The molecule has 5 rings (SSSR count). The molecule has 0 saturated heterocycles. The van der Waals surface area contributed by atoms with Crippen LogP contribution in [0.3, 0.4) is 0 Å². The van der Waals surface area contributed by atoms with Gasteiger partial charge in [-0.1, -0.05) is 43.0 Å². The van der Waals surface area contributed by atoms with Crippen LogP contribution in [0.5, 0.6) is 11.5 Å². The SMILES string of the molecule is Cc1ccc(-c2nnc(CCC(=O)N(Cc3ccc4c(c3)OCO4)C3CCCCC3)o2)cc1. The number of aromatic nitrogens is 2. The van der Waals surface area contributed by atoms with Crippen molar-refractivity contribution in [2.24, 2.45) is 0 Å². The minimum atomic E-state index is 0.120. The monoisotopic (exact) mass is 447 g/mol. The first kappa shape index (κ1) is 21.5. The summed E-state index contributed by atoms with van der Waals surface area (Å²) in [7, 11) is 0. The average molecular weight is 448 g/mol. The van der Waals surface area contributed by atoms with Gasteiger partial charge in [0, 0.05) is 31.0 Å². The fourth-order valence-corrected chi connectivity index (χ4v) is 4.57. The normalized spacial score (nSPS) is 15.5. The highest BCUT2D eigenvalue weighted by atomic mass is 16.7. The Labute approximate surface area is 193 Å². The maximum atomic E-state index is 13.3. The zero-order valence-electron chi connectivity index (χ0n) is 19.0. The Hall–Kier alpha value is -3.35. The van der Waals surface area contributed by atoms with Crippen LogP contribution in [-0.4, -0.2) is 33.8 Å². The third kappa shape index (κ3) is 5.02. The van der Waals surface area contributed by atoms with E-state index in [4.69, 9.17) is 13.9 Å². The Bertz CT molecular complexity index is 1100. The number of nitrogens with zero attached hydrogens (tertiary/aromatic N) is 3. The van der Waals surface area contributed by atoms with E-state index in [0.717, 1.165) is 35.5 Å². The van der Waals surface area contributed by atoms with Gasteiger partial charge in [-0.2, -0.15) is 0 Å². The number of carbonyl (C=O) groups excluding carboxylic acids is 1. The number of rotatable bonds is 7. The molecule has 0 unspecified atom stereocenters. The second-order valence-electron chi connectivity index (χ2n) is 8.87. The van der Waals surface area contributed by atoms with Crippen LogP contribution in [0.2, 0.25) is 0 Å². The lowest BCUT2D eigenvalue weighted by molar-refractivity contribution is -0.135. The molecule has 0 atom stereocenters. The van der Waals surface area contributed by atoms with Crippen LogP contribution >= 0.6 is 0 Å². The van der Waals surface area contributed by atoms with Crippen molar-refractivity contribution in [1.82, 2.24) is 15.1 Å². The molecule has 2 aromatic carbocycles. The van der Waals surface area contributed by atoms with Crippen molar-refractivity contribution >= 4 is 5.91 Å². The molecule has 0 N–H and O–H groups in total. The molecule has 0 radical (unpaired) electrons. The van der Waals surface area contributed by atoms with E-state index in [1.54, 1.807) is 0 Å². The van der Waals surface area contributed by atoms with E-state index in [2.05, 4.69) is 10.2 Å². The largest absolute Gasteiger partial charge is 0.454 e. The Kier molecular flexibility index (Phi) is 6.28. The van der Waals surface area contributed by atoms with Crippen LogP contribution in [0.4, 0.5) is 0 Å². The predicted molar refractivity (Wildman–Crippen MR) is 123 cm³/mol. The first-order chi connectivity index (χ1) is 16.2. The lowest BCUT2D eigenvalue weighted by Crippen LogP contribution is -2.41. The molecule has 3 aromatic rings. The summed E-state index contributed by atoms with van der Waals surface area (Å²) in [5, 5.41) is 8.33. The van der Waals surface area contributed by atoms with E-state index in [9.17, 15) is 4.79 Å². The lowest BCUT2D eigenvalue weighted by Gasteiger charge is -2.34. The van der Waals surface area contributed by atoms with E-state index in [1.165, 1.54) is 24.8 Å². The van der Waals surface area contributed by atoms with E-state index in [-0.39, 0.29) is 18.7 Å². The Morgan fingerprint density at radius 2 is 1.79 bits per heavy atom. The maximum Gasteiger partial charge on any atom is 0.247 e. The minimum Gasteiger partial charge on any atom is -0.454 e. The van der Waals surface area contributed by atoms with Crippen molar-refractivity contribution in [1.29, 1.82) is 0 Å². The number of hydrogen-bond acceptors (Lipinski definition) is 6. The fourth-order valence-electron chi connectivity index (χ4n) is 4.57. The number of hydrogen-bond donors (Lipinski definition) is 0. The summed E-state index contributed by atoms with van der Waals surface area (Å²) in [6, 6.07) is 14.2. The van der Waals surface area contributed by atoms with E-state index < -0.39 is 0 Å². The number of fused-ring (bicyclic) bond motifs is 1. The number of amides is 1. The second kappa shape index (κ2) is 9.65. The van der Waals surface area contributed by atoms with Gasteiger partial charge in [-0.15, -0.1) is 10.2 Å². The van der Waals surface area contributed by atoms with Gasteiger partial charge in [0.05, 0.1) is 0 Å². The van der Waals surface area contributed by atoms with Crippen molar-refractivity contribution in [3.8, 4) is 23.0 Å². The first-order valence-corrected chi connectivity index (χ1v) is 11.7. The third-order valence-corrected chi connectivity index (χ3v) is 6.44. The van der Waals surface area contributed by atoms with Crippen LogP contribution < -0.4 is 9.47 Å². The molecular weight excluding hydrogens is 418 g/mol. The Balaban J connectivity index is 1.26. The van der Waals surface area contributed by atoms with Gasteiger partial charge in [0.2, 0.25) is 24.5 Å². The number of carbonyl (C=O) groups is 1. The fraction of sp³-hybridized carbons (Fsp3) is 0.423. The van der Waals surface area contributed by atoms with Gasteiger partial charge in [0.1, 0.15) is 0 Å². The first-order valence-electron chi connectivity index (χ1n) is 11.7. The highest BCUT2D eigenvalue weighted by Crippen LogP contribution is 2.34. The molecule has 1 aromatic heterocycles. The van der Waals surface area contributed by atoms with Crippen molar-refractivity contribution in [3.05, 3.63) is 59.5 Å². The molecule has 0 spiro atoms. The van der Waals surface area contributed by atoms with Crippen molar-refractivity contribution in [3.63, 3.8) is 0 Å². The molecule has 0 bridgehead atoms. The van der Waals surface area contributed by atoms with Gasteiger partial charge < -0.3 is 18.8 Å². The summed E-state index contributed by atoms with van der Waals surface area (Å²) in [5.41, 5.74) is 3.12. The second-order valence-corrected chi connectivity index (χ2v) is 8.87. The molecular formula is C26H29N3O4. The molecule has 1 aliphatic carbocycles. The minimum absolute atomic E-state index is 0.120. The van der Waals surface area contributed by atoms with Crippen LogP contribution in [0.25, 0.3) is 11.5 Å². The van der Waals surface area contributed by atoms with Crippen LogP contribution in [0.15, 0.2) is 46.9 Å². The van der Waals surface area contributed by atoms with E-state index in [0.29, 0.717) is 31.2 Å². The average Bonchev–Trinajstić information content (AvgIpc) is 3.51. The molecule has 1 amide bonds. The number of aryl methyl sites for hydroxylation is 2. The quantitative estimate of drug-likeness (QED) is 0.503. The molecule has 172 valence electrons. The number of ether oxygens (including phenoxy) is 2. The Morgan fingerprint density at radius 3 is 2.61 bits per heavy atom. The summed E-state index contributed by atoms with van der Waals surface area (Å²) in [5.74, 6) is 2.61. The zero-order chi connectivity index (χ0) is 22.6. The molecule has 2 heterocycles. The summed E-state index contributed by atoms with van der Waals surface area (Å²) >= 11 is 0. The topological polar surface area (TPSA) is 77.7 Å². The third-order valence-electron chi connectivity index (χ3n) is 6.44. The summed E-state index contributed by atoms with van der Waals surface area (Å²) < 4.78 is 16.8. The predicted octanol–water partition coefficient (Wildman–Crippen LogP) is 5.07. The summed E-state index contributed by atoms with van der Waals surface area (Å²) in [4.78, 5) is 15.4. The van der Waals surface area contributed by atoms with Crippen LogP contribution in [0.1, 0.15) is 55.5 Å². The van der Waals surface area contributed by atoms with Gasteiger partial charge in [-0.3, -0.25) is 4.79 Å². The van der Waals surface area contributed by atoms with Gasteiger partial charge in [-0.05, 0) is 49.6 Å². The van der Waals surface area contributed by atoms with Gasteiger partial charge in [0.15, 0.2) is 11.5 Å². The molecule has 33 heavy (non-hydrogen) atoms.